The first kappa shape index (κ1) is 13.4. The third-order valence-corrected chi connectivity index (χ3v) is 3.41. The first-order valence-corrected chi connectivity index (χ1v) is 6.80. The quantitative estimate of drug-likeness (QED) is 0.797. The summed E-state index contributed by atoms with van der Waals surface area (Å²) in [5, 5.41) is 14.6. The first-order chi connectivity index (χ1) is 10.1. The Bertz CT molecular complexity index is 715. The van der Waals surface area contributed by atoms with E-state index < -0.39 is 0 Å². The Kier molecular flexibility index (Phi) is 3.43. The molecule has 2 aromatic heterocycles. The minimum absolute atomic E-state index is 0.182. The Morgan fingerprint density at radius 3 is 2.52 bits per heavy atom. The van der Waals surface area contributed by atoms with Gasteiger partial charge >= 0.3 is 0 Å². The van der Waals surface area contributed by atoms with Gasteiger partial charge in [-0.2, -0.15) is 0 Å². The lowest BCUT2D eigenvalue weighted by molar-refractivity contribution is 0.500. The molecule has 3 rings (SSSR count). The molecule has 0 saturated carbocycles. The van der Waals surface area contributed by atoms with E-state index in [1.165, 1.54) is 5.56 Å². The maximum absolute atomic E-state index is 5.58. The van der Waals surface area contributed by atoms with Gasteiger partial charge in [0.25, 0.3) is 0 Å². The lowest BCUT2D eigenvalue weighted by atomic mass is 10.1. The average molecular weight is 283 g/mol. The summed E-state index contributed by atoms with van der Waals surface area (Å²) in [6.45, 7) is 6.07. The van der Waals surface area contributed by atoms with Gasteiger partial charge in [-0.05, 0) is 61.5 Å². The second-order valence-electron chi connectivity index (χ2n) is 5.04. The van der Waals surface area contributed by atoms with Gasteiger partial charge in [-0.15, -0.1) is 5.10 Å². The van der Waals surface area contributed by atoms with Crippen LogP contribution in [0.1, 0.15) is 30.0 Å². The van der Waals surface area contributed by atoms with Crippen molar-refractivity contribution < 1.29 is 4.42 Å². The number of benzene rings is 1. The van der Waals surface area contributed by atoms with Crippen molar-refractivity contribution in [1.29, 1.82) is 0 Å². The smallest absolute Gasteiger partial charge is 0.143 e. The third kappa shape index (κ3) is 2.79. The topological polar surface area (TPSA) is 68.8 Å². The van der Waals surface area contributed by atoms with Crippen molar-refractivity contribution in [2.24, 2.45) is 0 Å². The summed E-state index contributed by atoms with van der Waals surface area (Å²) in [5.41, 5.74) is 3.14. The van der Waals surface area contributed by atoms with E-state index in [0.29, 0.717) is 0 Å². The summed E-state index contributed by atoms with van der Waals surface area (Å²) in [7, 11) is 0. The van der Waals surface area contributed by atoms with E-state index in [1.54, 1.807) is 11.0 Å². The van der Waals surface area contributed by atoms with Crippen LogP contribution >= 0.6 is 0 Å². The molecule has 0 aliphatic heterocycles. The van der Waals surface area contributed by atoms with E-state index in [0.717, 1.165) is 22.9 Å². The molecule has 3 aromatic rings. The van der Waals surface area contributed by atoms with E-state index >= 15 is 0 Å². The van der Waals surface area contributed by atoms with Gasteiger partial charge in [0.2, 0.25) is 0 Å². The number of hydrogen-bond acceptors (Lipinski definition) is 5. The van der Waals surface area contributed by atoms with E-state index in [4.69, 9.17) is 4.42 Å². The molecule has 0 bridgehead atoms. The van der Waals surface area contributed by atoms with Crippen LogP contribution in [0.15, 0.2) is 41.1 Å². The second-order valence-corrected chi connectivity index (χ2v) is 5.04. The summed E-state index contributed by atoms with van der Waals surface area (Å²) in [6, 6.07) is 10.2. The molecule has 0 radical (unpaired) electrons. The fourth-order valence-electron chi connectivity index (χ4n) is 2.40. The number of nitrogens with one attached hydrogen (secondary N) is 1. The summed E-state index contributed by atoms with van der Waals surface area (Å²) in [6.07, 6.45) is 1.57. The van der Waals surface area contributed by atoms with Crippen LogP contribution in [0.25, 0.3) is 5.69 Å². The first-order valence-electron chi connectivity index (χ1n) is 6.80. The van der Waals surface area contributed by atoms with Crippen molar-refractivity contribution in [2.75, 3.05) is 5.32 Å². The molecule has 2 heterocycles. The van der Waals surface area contributed by atoms with Crippen LogP contribution in [0.5, 0.6) is 0 Å². The standard InChI is InChI=1S/C15H17N5O/c1-10-8-15(12(3)21-10)11(2)17-13-4-6-14(7-5-13)20-9-16-18-19-20/h4-9,11,17H,1-3H3. The molecular formula is C15H17N5O. The highest BCUT2D eigenvalue weighted by molar-refractivity contribution is 5.50. The molecule has 0 spiro atoms. The van der Waals surface area contributed by atoms with Gasteiger partial charge in [-0.25, -0.2) is 4.68 Å². The number of anilines is 1. The highest BCUT2D eigenvalue weighted by Crippen LogP contribution is 2.25. The lowest BCUT2D eigenvalue weighted by Crippen LogP contribution is -2.07. The zero-order valence-electron chi connectivity index (χ0n) is 12.2. The van der Waals surface area contributed by atoms with E-state index in [-0.39, 0.29) is 6.04 Å². The van der Waals surface area contributed by atoms with E-state index in [9.17, 15) is 0 Å². The molecule has 21 heavy (non-hydrogen) atoms. The number of aromatic nitrogens is 4. The zero-order valence-corrected chi connectivity index (χ0v) is 12.2. The van der Waals surface area contributed by atoms with Gasteiger partial charge in [-0.1, -0.05) is 0 Å². The van der Waals surface area contributed by atoms with Crippen LogP contribution in [0.4, 0.5) is 5.69 Å². The second kappa shape index (κ2) is 5.40. The van der Waals surface area contributed by atoms with Crippen LogP contribution in [0.2, 0.25) is 0 Å². The highest BCUT2D eigenvalue weighted by atomic mass is 16.3. The summed E-state index contributed by atoms with van der Waals surface area (Å²) >= 11 is 0. The Hall–Kier alpha value is -2.63. The Morgan fingerprint density at radius 2 is 1.95 bits per heavy atom. The SMILES string of the molecule is Cc1cc(C(C)Nc2ccc(-n3cnnn3)cc2)c(C)o1. The lowest BCUT2D eigenvalue weighted by Gasteiger charge is -2.15. The molecule has 1 atom stereocenters. The van der Waals surface area contributed by atoms with Crippen LogP contribution in [-0.4, -0.2) is 20.2 Å². The van der Waals surface area contributed by atoms with Crippen molar-refractivity contribution in [2.45, 2.75) is 26.8 Å². The van der Waals surface area contributed by atoms with Crippen molar-refractivity contribution in [3.63, 3.8) is 0 Å². The van der Waals surface area contributed by atoms with Gasteiger partial charge in [0.15, 0.2) is 0 Å². The molecule has 1 aromatic carbocycles. The molecule has 6 heteroatoms. The van der Waals surface area contributed by atoms with Gasteiger partial charge in [0.1, 0.15) is 17.8 Å². The predicted octanol–water partition coefficient (Wildman–Crippen LogP) is 3.05. The summed E-state index contributed by atoms with van der Waals surface area (Å²) in [5.74, 6) is 1.89. The van der Waals surface area contributed by atoms with Crippen molar-refractivity contribution in [3.05, 3.63) is 53.7 Å². The van der Waals surface area contributed by atoms with Crippen molar-refractivity contribution in [1.82, 2.24) is 20.2 Å². The molecular weight excluding hydrogens is 266 g/mol. The van der Waals surface area contributed by atoms with E-state index in [1.807, 2.05) is 38.1 Å². The minimum atomic E-state index is 0.182. The van der Waals surface area contributed by atoms with Gasteiger partial charge in [0, 0.05) is 11.3 Å². The molecule has 0 aliphatic rings. The van der Waals surface area contributed by atoms with Crippen LogP contribution < -0.4 is 5.32 Å². The molecule has 6 nitrogen and oxygen atoms in total. The van der Waals surface area contributed by atoms with Gasteiger partial charge in [-0.3, -0.25) is 0 Å². The van der Waals surface area contributed by atoms with E-state index in [2.05, 4.69) is 33.8 Å². The number of rotatable bonds is 4. The summed E-state index contributed by atoms with van der Waals surface area (Å²) in [4.78, 5) is 0. The molecule has 0 aliphatic carbocycles. The number of furan rings is 1. The van der Waals surface area contributed by atoms with Crippen LogP contribution in [0.3, 0.4) is 0 Å². The van der Waals surface area contributed by atoms with Gasteiger partial charge < -0.3 is 9.73 Å². The van der Waals surface area contributed by atoms with Crippen LogP contribution in [0, 0.1) is 13.8 Å². The molecule has 1 unspecified atom stereocenters. The fraction of sp³-hybridized carbons (Fsp3) is 0.267. The Labute approximate surface area is 122 Å². The van der Waals surface area contributed by atoms with Crippen molar-refractivity contribution in [3.8, 4) is 5.69 Å². The molecule has 1 N–H and O–H groups in total. The van der Waals surface area contributed by atoms with Crippen molar-refractivity contribution >= 4 is 5.69 Å². The Morgan fingerprint density at radius 1 is 1.19 bits per heavy atom. The number of aryl methyl sites for hydroxylation is 2. The fourth-order valence-corrected chi connectivity index (χ4v) is 2.40. The molecule has 0 amide bonds. The largest absolute Gasteiger partial charge is 0.466 e. The third-order valence-electron chi connectivity index (χ3n) is 3.41. The summed E-state index contributed by atoms with van der Waals surface area (Å²) < 4.78 is 7.20. The molecule has 0 fully saturated rings. The highest BCUT2D eigenvalue weighted by Gasteiger charge is 2.12. The monoisotopic (exact) mass is 283 g/mol. The maximum Gasteiger partial charge on any atom is 0.143 e. The maximum atomic E-state index is 5.58. The molecule has 0 saturated heterocycles. The zero-order chi connectivity index (χ0) is 14.8. The number of tetrazole rings is 1. The van der Waals surface area contributed by atoms with Crippen LogP contribution in [-0.2, 0) is 0 Å². The average Bonchev–Trinajstić information content (AvgIpc) is 3.09. The number of nitrogens with zero attached hydrogens (tertiary/aromatic N) is 4. The normalized spacial score (nSPS) is 12.3. The van der Waals surface area contributed by atoms with Gasteiger partial charge in [0.05, 0.1) is 11.7 Å². The molecule has 108 valence electrons. The Balaban J connectivity index is 1.74. The predicted molar refractivity (Wildman–Crippen MR) is 79.4 cm³/mol. The minimum Gasteiger partial charge on any atom is -0.466 e. The number of hydrogen-bond donors (Lipinski definition) is 1.